The van der Waals surface area contributed by atoms with E-state index in [1.807, 2.05) is 7.05 Å². The molecule has 2 fully saturated rings. The third-order valence-corrected chi connectivity index (χ3v) is 5.60. The Kier molecular flexibility index (Phi) is 5.88. The molecule has 0 radical (unpaired) electrons. The van der Waals surface area contributed by atoms with Gasteiger partial charge in [0.15, 0.2) is 0 Å². The van der Waals surface area contributed by atoms with Crippen molar-refractivity contribution in [1.29, 1.82) is 0 Å². The van der Waals surface area contributed by atoms with E-state index < -0.39 is 0 Å². The number of carbonyl (C=O) groups excluding carboxylic acids is 1. The molecule has 2 rings (SSSR count). The Labute approximate surface area is 124 Å². The van der Waals surface area contributed by atoms with Gasteiger partial charge in [-0.15, -0.1) is 0 Å². The molecule has 0 aromatic rings. The molecule has 2 saturated carbocycles. The van der Waals surface area contributed by atoms with Crippen LogP contribution in [0, 0.1) is 5.41 Å². The Bertz CT molecular complexity index is 300. The lowest BCUT2D eigenvalue weighted by Crippen LogP contribution is -2.49. The fourth-order valence-electron chi connectivity index (χ4n) is 4.10. The third-order valence-electron chi connectivity index (χ3n) is 5.60. The second-order valence-corrected chi connectivity index (χ2v) is 6.96. The van der Waals surface area contributed by atoms with Crippen LogP contribution in [0.2, 0.25) is 0 Å². The minimum atomic E-state index is -0.252. The molecular formula is C17H32N2O. The maximum absolute atomic E-state index is 13.1. The molecule has 2 aliphatic rings. The summed E-state index contributed by atoms with van der Waals surface area (Å²) in [7, 11) is 2.03. The average molecular weight is 280 g/mol. The number of nitrogens with zero attached hydrogens (tertiary/aromatic N) is 1. The van der Waals surface area contributed by atoms with Gasteiger partial charge in [0, 0.05) is 19.6 Å². The number of nitrogens with two attached hydrogens (primary N) is 1. The lowest BCUT2D eigenvalue weighted by atomic mass is 9.78. The van der Waals surface area contributed by atoms with Crippen molar-refractivity contribution in [3.8, 4) is 0 Å². The molecule has 20 heavy (non-hydrogen) atoms. The van der Waals surface area contributed by atoms with Crippen molar-refractivity contribution < 1.29 is 4.79 Å². The highest BCUT2D eigenvalue weighted by atomic mass is 16.2. The summed E-state index contributed by atoms with van der Waals surface area (Å²) in [5.74, 6) is 0.341. The van der Waals surface area contributed by atoms with Crippen LogP contribution in [0.3, 0.4) is 0 Å². The van der Waals surface area contributed by atoms with Crippen molar-refractivity contribution in [2.24, 2.45) is 11.1 Å². The zero-order valence-corrected chi connectivity index (χ0v) is 13.2. The van der Waals surface area contributed by atoms with Crippen LogP contribution >= 0.6 is 0 Å². The van der Waals surface area contributed by atoms with Crippen molar-refractivity contribution in [3.05, 3.63) is 0 Å². The van der Waals surface area contributed by atoms with Gasteiger partial charge < -0.3 is 10.6 Å². The monoisotopic (exact) mass is 280 g/mol. The maximum Gasteiger partial charge on any atom is 0.230 e. The fraction of sp³-hybridized carbons (Fsp3) is 0.941. The summed E-state index contributed by atoms with van der Waals surface area (Å²) in [6.07, 6.45) is 14.5. The van der Waals surface area contributed by atoms with Crippen LogP contribution in [0.5, 0.6) is 0 Å². The molecule has 3 nitrogen and oxygen atoms in total. The lowest BCUT2D eigenvalue weighted by Gasteiger charge is -2.38. The van der Waals surface area contributed by atoms with Gasteiger partial charge in [-0.05, 0) is 25.7 Å². The Balaban J connectivity index is 2.05. The Morgan fingerprint density at radius 3 is 2.00 bits per heavy atom. The minimum absolute atomic E-state index is 0.252. The molecule has 0 bridgehead atoms. The zero-order chi connectivity index (χ0) is 14.4. The normalized spacial score (nSPS) is 24.7. The van der Waals surface area contributed by atoms with Gasteiger partial charge in [0.2, 0.25) is 5.91 Å². The molecule has 0 spiro atoms. The minimum Gasteiger partial charge on any atom is -0.342 e. The van der Waals surface area contributed by atoms with E-state index in [1.165, 1.54) is 64.2 Å². The summed E-state index contributed by atoms with van der Waals surface area (Å²) in [5, 5.41) is 0. The number of hydrogen-bond acceptors (Lipinski definition) is 2. The van der Waals surface area contributed by atoms with E-state index in [2.05, 4.69) is 4.90 Å². The number of hydrogen-bond donors (Lipinski definition) is 1. The number of amides is 1. The van der Waals surface area contributed by atoms with Crippen LogP contribution in [0.15, 0.2) is 0 Å². The SMILES string of the molecule is CN(C(=O)C1(CN)CCCCCC1)C1CCCCCC1. The molecule has 2 N–H and O–H groups in total. The van der Waals surface area contributed by atoms with E-state index >= 15 is 0 Å². The van der Waals surface area contributed by atoms with E-state index in [-0.39, 0.29) is 5.41 Å². The molecule has 0 aromatic carbocycles. The number of rotatable bonds is 3. The first kappa shape index (κ1) is 15.8. The summed E-state index contributed by atoms with van der Waals surface area (Å²) in [4.78, 5) is 15.1. The molecule has 0 unspecified atom stereocenters. The summed E-state index contributed by atoms with van der Waals surface area (Å²) >= 11 is 0. The van der Waals surface area contributed by atoms with Crippen molar-refractivity contribution >= 4 is 5.91 Å². The average Bonchev–Trinajstić information content (AvgIpc) is 2.89. The summed E-state index contributed by atoms with van der Waals surface area (Å²) in [6.45, 7) is 0.531. The van der Waals surface area contributed by atoms with Gasteiger partial charge in [-0.1, -0.05) is 51.4 Å². The summed E-state index contributed by atoms with van der Waals surface area (Å²) in [5.41, 5.74) is 5.81. The predicted octanol–water partition coefficient (Wildman–Crippen LogP) is 3.47. The Morgan fingerprint density at radius 2 is 1.50 bits per heavy atom. The molecule has 116 valence electrons. The first-order valence-corrected chi connectivity index (χ1v) is 8.67. The third kappa shape index (κ3) is 3.55. The van der Waals surface area contributed by atoms with Crippen LogP contribution in [0.25, 0.3) is 0 Å². The Morgan fingerprint density at radius 1 is 1.00 bits per heavy atom. The van der Waals surface area contributed by atoms with E-state index in [0.717, 1.165) is 12.8 Å². The van der Waals surface area contributed by atoms with Crippen molar-refractivity contribution in [2.45, 2.75) is 83.1 Å². The zero-order valence-electron chi connectivity index (χ0n) is 13.2. The predicted molar refractivity (Wildman–Crippen MR) is 83.4 cm³/mol. The molecule has 0 heterocycles. The van der Waals surface area contributed by atoms with Crippen molar-refractivity contribution in [2.75, 3.05) is 13.6 Å². The van der Waals surface area contributed by atoms with Gasteiger partial charge in [-0.3, -0.25) is 4.79 Å². The molecule has 0 aromatic heterocycles. The van der Waals surface area contributed by atoms with Crippen LogP contribution < -0.4 is 5.73 Å². The van der Waals surface area contributed by atoms with Crippen LogP contribution in [0.1, 0.15) is 77.0 Å². The van der Waals surface area contributed by atoms with Crippen LogP contribution in [0.4, 0.5) is 0 Å². The molecule has 2 aliphatic carbocycles. The second kappa shape index (κ2) is 7.44. The first-order valence-electron chi connectivity index (χ1n) is 8.67. The maximum atomic E-state index is 13.1. The van der Waals surface area contributed by atoms with Gasteiger partial charge in [0.05, 0.1) is 5.41 Å². The largest absolute Gasteiger partial charge is 0.342 e. The molecule has 3 heteroatoms. The van der Waals surface area contributed by atoms with E-state index in [9.17, 15) is 4.79 Å². The van der Waals surface area contributed by atoms with Crippen molar-refractivity contribution in [1.82, 2.24) is 4.90 Å². The smallest absolute Gasteiger partial charge is 0.230 e. The summed E-state index contributed by atoms with van der Waals surface area (Å²) < 4.78 is 0. The molecular weight excluding hydrogens is 248 g/mol. The van der Waals surface area contributed by atoms with Gasteiger partial charge in [0.25, 0.3) is 0 Å². The quantitative estimate of drug-likeness (QED) is 0.805. The highest BCUT2D eigenvalue weighted by Gasteiger charge is 2.40. The fourth-order valence-corrected chi connectivity index (χ4v) is 4.10. The van der Waals surface area contributed by atoms with Gasteiger partial charge >= 0.3 is 0 Å². The van der Waals surface area contributed by atoms with Gasteiger partial charge in [-0.25, -0.2) is 0 Å². The number of carbonyl (C=O) groups is 1. The summed E-state index contributed by atoms with van der Waals surface area (Å²) in [6, 6.07) is 0.455. The molecule has 0 aliphatic heterocycles. The lowest BCUT2D eigenvalue weighted by molar-refractivity contribution is -0.143. The highest BCUT2D eigenvalue weighted by molar-refractivity contribution is 5.83. The molecule has 0 saturated heterocycles. The standard InChI is InChI=1S/C17H32N2O/c1-19(15-10-6-2-3-7-11-15)16(20)17(14-18)12-8-4-5-9-13-17/h15H,2-14,18H2,1H3. The topological polar surface area (TPSA) is 46.3 Å². The van der Waals surface area contributed by atoms with E-state index in [0.29, 0.717) is 18.5 Å². The molecule has 1 amide bonds. The van der Waals surface area contributed by atoms with Gasteiger partial charge in [-0.2, -0.15) is 0 Å². The van der Waals surface area contributed by atoms with E-state index in [1.54, 1.807) is 0 Å². The highest BCUT2D eigenvalue weighted by Crippen LogP contribution is 2.37. The van der Waals surface area contributed by atoms with Crippen LogP contribution in [-0.4, -0.2) is 30.4 Å². The second-order valence-electron chi connectivity index (χ2n) is 6.96. The van der Waals surface area contributed by atoms with Crippen molar-refractivity contribution in [3.63, 3.8) is 0 Å². The Hall–Kier alpha value is -0.570. The van der Waals surface area contributed by atoms with Gasteiger partial charge in [0.1, 0.15) is 0 Å². The van der Waals surface area contributed by atoms with E-state index in [4.69, 9.17) is 5.73 Å². The molecule has 0 atom stereocenters. The van der Waals surface area contributed by atoms with Crippen LogP contribution in [-0.2, 0) is 4.79 Å². The first-order chi connectivity index (χ1) is 9.69.